The molecule has 0 unspecified atom stereocenters. The van der Waals surface area contributed by atoms with Gasteiger partial charge in [-0.1, -0.05) is 54.1 Å². The van der Waals surface area contributed by atoms with Crippen LogP contribution in [0.2, 0.25) is 5.02 Å². The normalized spacial score (nSPS) is 20.0. The van der Waals surface area contributed by atoms with E-state index in [0.717, 1.165) is 31.0 Å². The van der Waals surface area contributed by atoms with Crippen LogP contribution in [0.1, 0.15) is 36.5 Å². The van der Waals surface area contributed by atoms with Gasteiger partial charge in [-0.2, -0.15) is 0 Å². The van der Waals surface area contributed by atoms with Gasteiger partial charge in [-0.05, 0) is 61.4 Å². The summed E-state index contributed by atoms with van der Waals surface area (Å²) in [6.45, 7) is 2.90. The fourth-order valence-electron chi connectivity index (χ4n) is 3.60. The summed E-state index contributed by atoms with van der Waals surface area (Å²) in [5.74, 6) is 0.733. The summed E-state index contributed by atoms with van der Waals surface area (Å²) in [5, 5.41) is 11.2. The third-order valence-corrected chi connectivity index (χ3v) is 5.23. The lowest BCUT2D eigenvalue weighted by molar-refractivity contribution is 0.0827. The second kappa shape index (κ2) is 8.66. The summed E-state index contributed by atoms with van der Waals surface area (Å²) in [4.78, 5) is 2.42. The first kappa shape index (κ1) is 17.5. The Morgan fingerprint density at radius 3 is 2.58 bits per heavy atom. The van der Waals surface area contributed by atoms with Crippen LogP contribution in [0, 0.1) is 5.92 Å². The zero-order valence-electron chi connectivity index (χ0n) is 14.1. The Morgan fingerprint density at radius 1 is 1.08 bits per heavy atom. The summed E-state index contributed by atoms with van der Waals surface area (Å²) in [6, 6.07) is 18.3. The van der Waals surface area contributed by atoms with Gasteiger partial charge in [0.05, 0.1) is 6.10 Å². The molecule has 0 radical (unpaired) electrons. The maximum Gasteiger partial charge on any atom is 0.0916 e. The molecule has 1 N–H and O–H groups in total. The van der Waals surface area contributed by atoms with Gasteiger partial charge in [0.15, 0.2) is 0 Å². The first-order chi connectivity index (χ1) is 11.7. The van der Waals surface area contributed by atoms with E-state index in [1.54, 1.807) is 0 Å². The fourth-order valence-corrected chi connectivity index (χ4v) is 3.73. The molecule has 2 nitrogen and oxygen atoms in total. The van der Waals surface area contributed by atoms with E-state index in [4.69, 9.17) is 11.6 Å². The molecule has 0 aliphatic carbocycles. The maximum absolute atomic E-state index is 10.5. The number of nitrogens with zero attached hydrogens (tertiary/aromatic N) is 1. The number of likely N-dealkylation sites (tertiary alicyclic amines) is 1. The number of hydrogen-bond donors (Lipinski definition) is 1. The average molecular weight is 344 g/mol. The van der Waals surface area contributed by atoms with Crippen molar-refractivity contribution in [2.45, 2.75) is 31.8 Å². The smallest absolute Gasteiger partial charge is 0.0916 e. The molecular formula is C21H26ClNO. The molecule has 1 fully saturated rings. The molecule has 128 valence electrons. The highest BCUT2D eigenvalue weighted by molar-refractivity contribution is 6.30. The van der Waals surface area contributed by atoms with E-state index in [1.807, 2.05) is 24.3 Å². The lowest BCUT2D eigenvalue weighted by atomic mass is 9.91. The minimum Gasteiger partial charge on any atom is -0.387 e. The molecule has 0 bridgehead atoms. The fraction of sp³-hybridized carbons (Fsp3) is 0.429. The lowest BCUT2D eigenvalue weighted by Gasteiger charge is -2.34. The molecule has 3 rings (SSSR count). The summed E-state index contributed by atoms with van der Waals surface area (Å²) in [5.41, 5.74) is 2.38. The van der Waals surface area contributed by atoms with Gasteiger partial charge in [-0.15, -0.1) is 0 Å². The minimum atomic E-state index is -0.435. The minimum absolute atomic E-state index is 0.435. The molecule has 2 aromatic rings. The first-order valence-electron chi connectivity index (χ1n) is 8.90. The molecule has 0 spiro atoms. The standard InChI is InChI=1S/C21H26ClNO/c22-20-12-10-19(11-13-20)21(24)16-23-14-4-7-18(15-23)9-8-17-5-2-1-3-6-17/h1-3,5-6,10-13,18,21,24H,4,7-9,14-16H2/t18-,21+/m1/s1. The van der Waals surface area contributed by atoms with E-state index in [2.05, 4.69) is 35.2 Å². The van der Waals surface area contributed by atoms with Crippen LogP contribution in [-0.4, -0.2) is 29.6 Å². The maximum atomic E-state index is 10.5. The van der Waals surface area contributed by atoms with Crippen molar-refractivity contribution >= 4 is 11.6 Å². The zero-order valence-corrected chi connectivity index (χ0v) is 14.8. The molecule has 0 aromatic heterocycles. The van der Waals surface area contributed by atoms with Gasteiger partial charge >= 0.3 is 0 Å². The van der Waals surface area contributed by atoms with E-state index < -0.39 is 6.10 Å². The van der Waals surface area contributed by atoms with Crippen LogP contribution in [0.25, 0.3) is 0 Å². The van der Waals surface area contributed by atoms with E-state index in [-0.39, 0.29) is 0 Å². The van der Waals surface area contributed by atoms with Gasteiger partial charge in [-0.3, -0.25) is 0 Å². The van der Waals surface area contributed by atoms with Crippen molar-refractivity contribution in [1.29, 1.82) is 0 Å². The topological polar surface area (TPSA) is 23.5 Å². The number of aliphatic hydroxyl groups is 1. The lowest BCUT2D eigenvalue weighted by Crippen LogP contribution is -2.38. The number of aryl methyl sites for hydroxylation is 1. The molecule has 2 aromatic carbocycles. The van der Waals surface area contributed by atoms with Crippen molar-refractivity contribution in [3.05, 3.63) is 70.7 Å². The van der Waals surface area contributed by atoms with Crippen molar-refractivity contribution in [2.24, 2.45) is 5.92 Å². The molecule has 1 aliphatic rings. The Balaban J connectivity index is 1.49. The number of rotatable bonds is 6. The van der Waals surface area contributed by atoms with Crippen LogP contribution in [0.15, 0.2) is 54.6 Å². The van der Waals surface area contributed by atoms with Gasteiger partial charge in [0.2, 0.25) is 0 Å². The van der Waals surface area contributed by atoms with Gasteiger partial charge in [-0.25, -0.2) is 0 Å². The van der Waals surface area contributed by atoms with E-state index in [0.29, 0.717) is 11.6 Å². The molecule has 0 amide bonds. The van der Waals surface area contributed by atoms with Crippen molar-refractivity contribution in [1.82, 2.24) is 4.90 Å². The zero-order chi connectivity index (χ0) is 16.8. The molecule has 1 heterocycles. The van der Waals surface area contributed by atoms with E-state index in [9.17, 15) is 5.11 Å². The Bertz CT molecular complexity index is 613. The molecule has 1 aliphatic heterocycles. The van der Waals surface area contributed by atoms with Crippen LogP contribution >= 0.6 is 11.6 Å². The highest BCUT2D eigenvalue weighted by Gasteiger charge is 2.22. The van der Waals surface area contributed by atoms with Gasteiger partial charge in [0.1, 0.15) is 0 Å². The highest BCUT2D eigenvalue weighted by Crippen LogP contribution is 2.24. The Hall–Kier alpha value is -1.35. The van der Waals surface area contributed by atoms with Crippen molar-refractivity contribution in [3.8, 4) is 0 Å². The number of piperidine rings is 1. The SMILES string of the molecule is O[C@@H](CN1CCC[C@H](CCc2ccccc2)C1)c1ccc(Cl)cc1. The van der Waals surface area contributed by atoms with Crippen LogP contribution in [0.3, 0.4) is 0 Å². The molecule has 0 saturated carbocycles. The summed E-state index contributed by atoms with van der Waals surface area (Å²) in [6.07, 6.45) is 4.49. The van der Waals surface area contributed by atoms with Crippen LogP contribution < -0.4 is 0 Å². The van der Waals surface area contributed by atoms with E-state index in [1.165, 1.54) is 24.8 Å². The average Bonchev–Trinajstić information content (AvgIpc) is 2.62. The number of halogens is 1. The highest BCUT2D eigenvalue weighted by atomic mass is 35.5. The third kappa shape index (κ3) is 5.07. The number of β-amino-alcohol motifs (C(OH)–C–C–N with tert-alkyl or cyclic N) is 1. The second-order valence-corrected chi connectivity index (χ2v) is 7.30. The van der Waals surface area contributed by atoms with Crippen LogP contribution in [0.5, 0.6) is 0 Å². The van der Waals surface area contributed by atoms with Crippen molar-refractivity contribution < 1.29 is 5.11 Å². The summed E-state index contributed by atoms with van der Waals surface area (Å²) in [7, 11) is 0. The van der Waals surface area contributed by atoms with Crippen molar-refractivity contribution in [3.63, 3.8) is 0 Å². The Kier molecular flexibility index (Phi) is 6.30. The molecule has 1 saturated heterocycles. The van der Waals surface area contributed by atoms with Crippen molar-refractivity contribution in [2.75, 3.05) is 19.6 Å². The number of aliphatic hydroxyl groups excluding tert-OH is 1. The molecular weight excluding hydrogens is 318 g/mol. The predicted molar refractivity (Wildman–Crippen MR) is 100 cm³/mol. The van der Waals surface area contributed by atoms with Gasteiger partial charge in [0, 0.05) is 18.1 Å². The van der Waals surface area contributed by atoms with Gasteiger partial charge < -0.3 is 10.0 Å². The third-order valence-electron chi connectivity index (χ3n) is 4.97. The molecule has 3 heteroatoms. The number of benzene rings is 2. The van der Waals surface area contributed by atoms with Crippen LogP contribution in [0.4, 0.5) is 0 Å². The first-order valence-corrected chi connectivity index (χ1v) is 9.28. The van der Waals surface area contributed by atoms with Crippen LogP contribution in [-0.2, 0) is 6.42 Å². The number of hydrogen-bond acceptors (Lipinski definition) is 2. The monoisotopic (exact) mass is 343 g/mol. The van der Waals surface area contributed by atoms with E-state index >= 15 is 0 Å². The predicted octanol–water partition coefficient (Wildman–Crippen LogP) is 4.72. The largest absolute Gasteiger partial charge is 0.387 e. The molecule has 2 atom stereocenters. The summed E-state index contributed by atoms with van der Waals surface area (Å²) >= 11 is 5.92. The quantitative estimate of drug-likeness (QED) is 0.820. The van der Waals surface area contributed by atoms with Gasteiger partial charge in [0.25, 0.3) is 0 Å². The molecule has 24 heavy (non-hydrogen) atoms. The Morgan fingerprint density at radius 2 is 1.83 bits per heavy atom. The summed E-state index contributed by atoms with van der Waals surface area (Å²) < 4.78 is 0. The Labute approximate surface area is 150 Å². The second-order valence-electron chi connectivity index (χ2n) is 6.86.